The minimum Gasteiger partial charge on any atom is -0.479 e. The van der Waals surface area contributed by atoms with Crippen molar-refractivity contribution in [1.29, 1.82) is 0 Å². The largest absolute Gasteiger partial charge is 0.479 e. The van der Waals surface area contributed by atoms with Gasteiger partial charge in [0.25, 0.3) is 0 Å². The van der Waals surface area contributed by atoms with Gasteiger partial charge in [-0.05, 0) is 31.7 Å². The molecule has 1 aliphatic rings. The van der Waals surface area contributed by atoms with Crippen molar-refractivity contribution in [2.75, 3.05) is 6.61 Å². The van der Waals surface area contributed by atoms with Gasteiger partial charge in [-0.2, -0.15) is 5.10 Å². The summed E-state index contributed by atoms with van der Waals surface area (Å²) in [4.78, 5) is 23.3. The summed E-state index contributed by atoms with van der Waals surface area (Å²) < 4.78 is 7.01. The molecular weight excluding hydrogens is 274 g/mol. The van der Waals surface area contributed by atoms with Crippen LogP contribution in [0.2, 0.25) is 0 Å². The number of nitrogens with zero attached hydrogens (tertiary/aromatic N) is 2. The van der Waals surface area contributed by atoms with Crippen LogP contribution in [0.5, 0.6) is 0 Å². The number of nitrogens with one attached hydrogen (secondary N) is 1. The molecule has 1 fully saturated rings. The molecule has 1 aliphatic heterocycles. The molecular formula is C14H21N3O4. The van der Waals surface area contributed by atoms with E-state index in [1.165, 1.54) is 10.9 Å². The van der Waals surface area contributed by atoms with Crippen LogP contribution in [0.25, 0.3) is 0 Å². The fraction of sp³-hybridized carbons (Fsp3) is 0.643. The van der Waals surface area contributed by atoms with Gasteiger partial charge in [-0.3, -0.25) is 9.48 Å². The molecule has 7 nitrogen and oxygen atoms in total. The fourth-order valence-electron chi connectivity index (χ4n) is 2.49. The van der Waals surface area contributed by atoms with Crippen molar-refractivity contribution in [2.45, 2.75) is 44.2 Å². The minimum atomic E-state index is -1.10. The van der Waals surface area contributed by atoms with Crippen LogP contribution in [0.3, 0.4) is 0 Å². The summed E-state index contributed by atoms with van der Waals surface area (Å²) in [5.41, 5.74) is 0.449. The summed E-state index contributed by atoms with van der Waals surface area (Å²) in [6.07, 6.45) is 5.69. The fourth-order valence-corrected chi connectivity index (χ4v) is 2.49. The zero-order chi connectivity index (χ0) is 15.2. The number of carboxylic acid groups (broad SMARTS) is 1. The topological polar surface area (TPSA) is 93.5 Å². The van der Waals surface area contributed by atoms with E-state index in [2.05, 4.69) is 10.4 Å². The van der Waals surface area contributed by atoms with Crippen molar-refractivity contribution < 1.29 is 19.4 Å². The maximum absolute atomic E-state index is 11.9. The summed E-state index contributed by atoms with van der Waals surface area (Å²) in [6.45, 7) is 0.749. The second-order valence-electron chi connectivity index (χ2n) is 5.25. The van der Waals surface area contributed by atoms with Gasteiger partial charge in [-0.1, -0.05) is 0 Å². The van der Waals surface area contributed by atoms with Gasteiger partial charge in [-0.25, -0.2) is 4.79 Å². The lowest BCUT2D eigenvalue weighted by atomic mass is 10.0. The van der Waals surface area contributed by atoms with E-state index in [9.17, 15) is 14.7 Å². The highest BCUT2D eigenvalue weighted by Gasteiger charge is 2.25. The van der Waals surface area contributed by atoms with E-state index in [-0.39, 0.29) is 18.4 Å². The summed E-state index contributed by atoms with van der Waals surface area (Å²) in [5.74, 6) is -1.38. The summed E-state index contributed by atoms with van der Waals surface area (Å²) in [6, 6.07) is 0.515. The van der Waals surface area contributed by atoms with E-state index in [0.717, 1.165) is 25.9 Å². The number of amides is 1. The van der Waals surface area contributed by atoms with Gasteiger partial charge in [-0.15, -0.1) is 0 Å². The zero-order valence-corrected chi connectivity index (χ0v) is 12.1. The molecule has 2 atom stereocenters. The summed E-state index contributed by atoms with van der Waals surface area (Å²) >= 11 is 0. The maximum atomic E-state index is 11.9. The molecule has 0 bridgehead atoms. The van der Waals surface area contributed by atoms with Crippen LogP contribution >= 0.6 is 0 Å². The van der Waals surface area contributed by atoms with Gasteiger partial charge in [0, 0.05) is 26.3 Å². The predicted octanol–water partition coefficient (Wildman–Crippen LogP) is 1.01. The van der Waals surface area contributed by atoms with Gasteiger partial charge in [0.15, 0.2) is 6.04 Å². The lowest BCUT2D eigenvalue weighted by Crippen LogP contribution is -2.35. The first-order chi connectivity index (χ1) is 10.1. The first-order valence-corrected chi connectivity index (χ1v) is 7.19. The van der Waals surface area contributed by atoms with Gasteiger partial charge < -0.3 is 15.2 Å². The molecule has 1 aromatic heterocycles. The molecule has 2 rings (SSSR count). The van der Waals surface area contributed by atoms with Crippen LogP contribution in [0, 0.1) is 0 Å². The average molecular weight is 295 g/mol. The number of carbonyl (C=O) groups excluding carboxylic acids is 1. The Balaban J connectivity index is 1.87. The Labute approximate surface area is 123 Å². The second kappa shape index (κ2) is 7.21. The molecule has 0 aliphatic carbocycles. The van der Waals surface area contributed by atoms with Crippen molar-refractivity contribution in [3.05, 3.63) is 18.0 Å². The molecule has 21 heavy (non-hydrogen) atoms. The molecule has 0 saturated carbocycles. The SMILES string of the molecule is Cn1nccc1C(NC(=O)CCC1CCCCO1)C(=O)O. The van der Waals surface area contributed by atoms with Crippen LogP contribution in [0.15, 0.2) is 12.3 Å². The number of aryl methyl sites for hydroxylation is 1. The number of hydrogen-bond donors (Lipinski definition) is 2. The number of aromatic nitrogens is 2. The van der Waals surface area contributed by atoms with Crippen LogP contribution in [0.1, 0.15) is 43.8 Å². The van der Waals surface area contributed by atoms with Crippen LogP contribution in [-0.2, 0) is 21.4 Å². The Morgan fingerprint density at radius 1 is 1.57 bits per heavy atom. The molecule has 2 heterocycles. The molecule has 0 aromatic carbocycles. The van der Waals surface area contributed by atoms with Crippen molar-refractivity contribution in [3.8, 4) is 0 Å². The molecule has 2 N–H and O–H groups in total. The number of carbonyl (C=O) groups is 2. The van der Waals surface area contributed by atoms with E-state index in [1.807, 2.05) is 0 Å². The molecule has 7 heteroatoms. The maximum Gasteiger partial charge on any atom is 0.332 e. The third kappa shape index (κ3) is 4.29. The molecule has 1 aromatic rings. The van der Waals surface area contributed by atoms with E-state index in [4.69, 9.17) is 4.74 Å². The first-order valence-electron chi connectivity index (χ1n) is 7.19. The van der Waals surface area contributed by atoms with Crippen molar-refractivity contribution >= 4 is 11.9 Å². The minimum absolute atomic E-state index is 0.115. The standard InChI is InChI=1S/C14H21N3O4/c1-17-11(7-8-15-17)13(14(19)20)16-12(18)6-5-10-4-2-3-9-21-10/h7-8,10,13H,2-6,9H2,1H3,(H,16,18)(H,19,20). The molecule has 116 valence electrons. The average Bonchev–Trinajstić information content (AvgIpc) is 2.89. The predicted molar refractivity (Wildman–Crippen MR) is 74.6 cm³/mol. The van der Waals surface area contributed by atoms with E-state index >= 15 is 0 Å². The summed E-state index contributed by atoms with van der Waals surface area (Å²) in [7, 11) is 1.65. The molecule has 1 amide bonds. The highest BCUT2D eigenvalue weighted by atomic mass is 16.5. The Morgan fingerprint density at radius 2 is 2.38 bits per heavy atom. The van der Waals surface area contributed by atoms with Gasteiger partial charge in [0.1, 0.15) is 0 Å². The van der Waals surface area contributed by atoms with Crippen LogP contribution < -0.4 is 5.32 Å². The van der Waals surface area contributed by atoms with Crippen molar-refractivity contribution in [1.82, 2.24) is 15.1 Å². The van der Waals surface area contributed by atoms with Crippen LogP contribution in [0.4, 0.5) is 0 Å². The Bertz CT molecular complexity index is 494. The lowest BCUT2D eigenvalue weighted by Gasteiger charge is -2.22. The van der Waals surface area contributed by atoms with Gasteiger partial charge in [0.05, 0.1) is 11.8 Å². The number of aliphatic carboxylic acids is 1. The molecule has 2 unspecified atom stereocenters. The smallest absolute Gasteiger partial charge is 0.332 e. The second-order valence-corrected chi connectivity index (χ2v) is 5.25. The normalized spacial score (nSPS) is 20.0. The number of hydrogen-bond acceptors (Lipinski definition) is 4. The quantitative estimate of drug-likeness (QED) is 0.817. The lowest BCUT2D eigenvalue weighted by molar-refractivity contribution is -0.142. The van der Waals surface area contributed by atoms with Crippen molar-refractivity contribution in [2.24, 2.45) is 7.05 Å². The van der Waals surface area contributed by atoms with Gasteiger partial charge >= 0.3 is 5.97 Å². The third-order valence-corrected chi connectivity index (χ3v) is 3.67. The monoisotopic (exact) mass is 295 g/mol. The van der Waals surface area contributed by atoms with Crippen molar-refractivity contribution in [3.63, 3.8) is 0 Å². The Kier molecular flexibility index (Phi) is 5.32. The highest BCUT2D eigenvalue weighted by Crippen LogP contribution is 2.17. The highest BCUT2D eigenvalue weighted by molar-refractivity contribution is 5.84. The Morgan fingerprint density at radius 3 is 2.95 bits per heavy atom. The Hall–Kier alpha value is -1.89. The molecule has 0 radical (unpaired) electrons. The first kappa shape index (κ1) is 15.5. The van der Waals surface area contributed by atoms with E-state index < -0.39 is 12.0 Å². The number of carboxylic acids is 1. The number of ether oxygens (including phenoxy) is 1. The summed E-state index contributed by atoms with van der Waals surface area (Å²) in [5, 5.41) is 15.7. The van der Waals surface area contributed by atoms with E-state index in [1.54, 1.807) is 13.1 Å². The third-order valence-electron chi connectivity index (χ3n) is 3.67. The zero-order valence-electron chi connectivity index (χ0n) is 12.1. The molecule has 0 spiro atoms. The molecule has 1 saturated heterocycles. The van der Waals surface area contributed by atoms with Gasteiger partial charge in [0.2, 0.25) is 5.91 Å². The van der Waals surface area contributed by atoms with Crippen LogP contribution in [-0.4, -0.2) is 39.5 Å². The number of rotatable bonds is 6. The van der Waals surface area contributed by atoms with E-state index in [0.29, 0.717) is 12.1 Å².